The number of anilines is 1. The Bertz CT molecular complexity index is 723. The van der Waals surface area contributed by atoms with E-state index in [4.69, 9.17) is 5.73 Å². The topological polar surface area (TPSA) is 65.4 Å². The van der Waals surface area contributed by atoms with Crippen molar-refractivity contribution in [3.8, 4) is 5.75 Å². The normalized spacial score (nSPS) is 12.1. The minimum absolute atomic E-state index is 0.00281. The monoisotopic (exact) mass is 320 g/mol. The minimum atomic E-state index is -5.22. The Kier molecular flexibility index (Phi) is 4.02. The smallest absolute Gasteiger partial charge is 0.399 e. The molecule has 0 saturated heterocycles. The predicted molar refractivity (Wildman–Crippen MR) is 67.4 cm³/mol. The van der Waals surface area contributed by atoms with Crippen molar-refractivity contribution in [2.75, 3.05) is 5.73 Å². The highest BCUT2D eigenvalue weighted by Crippen LogP contribution is 2.29. The summed E-state index contributed by atoms with van der Waals surface area (Å²) in [4.78, 5) is 3.83. The fourth-order valence-corrected chi connectivity index (χ4v) is 1.58. The van der Waals surface area contributed by atoms with Crippen LogP contribution >= 0.6 is 0 Å². The fraction of sp³-hybridized carbons (Fsp3) is 0.167. The van der Waals surface area contributed by atoms with E-state index in [2.05, 4.69) is 14.8 Å². The van der Waals surface area contributed by atoms with E-state index >= 15 is 0 Å². The number of halogens is 5. The molecular weight excluding hydrogens is 311 g/mol. The van der Waals surface area contributed by atoms with Gasteiger partial charge in [-0.3, -0.25) is 0 Å². The van der Waals surface area contributed by atoms with E-state index in [9.17, 15) is 22.0 Å². The number of alkyl halides is 3. The van der Waals surface area contributed by atoms with Crippen LogP contribution in [0.2, 0.25) is 0 Å². The summed E-state index contributed by atoms with van der Waals surface area (Å²) in [6.07, 6.45) is -2.93. The Morgan fingerprint density at radius 3 is 2.55 bits per heavy atom. The second-order valence-corrected chi connectivity index (χ2v) is 4.16. The lowest BCUT2D eigenvalue weighted by Gasteiger charge is -2.11. The van der Waals surface area contributed by atoms with Crippen molar-refractivity contribution >= 4 is 12.2 Å². The van der Waals surface area contributed by atoms with Crippen molar-refractivity contribution in [2.24, 2.45) is 5.10 Å². The number of nitrogen functional groups attached to an aromatic ring is 1. The molecule has 0 unspecified atom stereocenters. The van der Waals surface area contributed by atoms with Crippen LogP contribution in [0.5, 0.6) is 5.75 Å². The van der Waals surface area contributed by atoms with E-state index in [0.717, 1.165) is 17.0 Å². The van der Waals surface area contributed by atoms with Crippen LogP contribution in [0.1, 0.15) is 11.3 Å². The summed E-state index contributed by atoms with van der Waals surface area (Å²) in [6.45, 7) is 1.64. The number of imidazole rings is 1. The molecule has 0 saturated carbocycles. The largest absolute Gasteiger partial charge is 0.573 e. The van der Waals surface area contributed by atoms with Crippen molar-refractivity contribution in [2.45, 2.75) is 13.3 Å². The number of aromatic nitrogens is 2. The zero-order valence-corrected chi connectivity index (χ0v) is 11.0. The quantitative estimate of drug-likeness (QED) is 0.698. The number of hydrogen-bond donors (Lipinski definition) is 1. The molecule has 0 spiro atoms. The molecule has 0 aliphatic carbocycles. The summed E-state index contributed by atoms with van der Waals surface area (Å²) < 4.78 is 67.9. The number of aryl methyl sites for hydroxylation is 1. The van der Waals surface area contributed by atoms with Gasteiger partial charge in [0.1, 0.15) is 0 Å². The van der Waals surface area contributed by atoms with Crippen molar-refractivity contribution in [3.05, 3.63) is 41.2 Å². The zero-order chi connectivity index (χ0) is 16.5. The van der Waals surface area contributed by atoms with Crippen LogP contribution in [0.25, 0.3) is 0 Å². The molecule has 0 aliphatic rings. The highest BCUT2D eigenvalue weighted by atomic mass is 19.4. The summed E-state index contributed by atoms with van der Waals surface area (Å²) in [5.74, 6) is -4.56. The summed E-state index contributed by atoms with van der Waals surface area (Å²) in [7, 11) is 0. The molecule has 22 heavy (non-hydrogen) atoms. The highest BCUT2D eigenvalue weighted by Gasteiger charge is 2.34. The molecule has 5 nitrogen and oxygen atoms in total. The summed E-state index contributed by atoms with van der Waals surface area (Å²) in [5, 5.41) is 3.73. The van der Waals surface area contributed by atoms with Crippen LogP contribution in [0, 0.1) is 18.6 Å². The first-order valence-corrected chi connectivity index (χ1v) is 5.77. The van der Waals surface area contributed by atoms with Crippen LogP contribution in [0.4, 0.5) is 27.9 Å². The lowest BCUT2D eigenvalue weighted by molar-refractivity contribution is -0.276. The van der Waals surface area contributed by atoms with E-state index in [-0.39, 0.29) is 5.95 Å². The Morgan fingerprint density at radius 1 is 1.32 bits per heavy atom. The van der Waals surface area contributed by atoms with Gasteiger partial charge in [-0.25, -0.2) is 18.4 Å². The molecule has 0 aliphatic heterocycles. The van der Waals surface area contributed by atoms with Gasteiger partial charge in [0.2, 0.25) is 11.7 Å². The minimum Gasteiger partial charge on any atom is -0.399 e. The first kappa shape index (κ1) is 15.7. The van der Waals surface area contributed by atoms with E-state index in [1.165, 1.54) is 6.20 Å². The Labute approximate surface area is 120 Å². The SMILES string of the molecule is Cc1cn(N=Cc2ccc(F)c(OC(F)(F)F)c2F)c(N)n1. The maximum atomic E-state index is 13.9. The summed E-state index contributed by atoms with van der Waals surface area (Å²) in [6, 6.07) is 1.55. The molecule has 0 atom stereocenters. The van der Waals surface area contributed by atoms with Crippen molar-refractivity contribution in [3.63, 3.8) is 0 Å². The van der Waals surface area contributed by atoms with Crippen LogP contribution in [0.3, 0.4) is 0 Å². The number of benzene rings is 1. The first-order chi connectivity index (χ1) is 10.2. The second-order valence-electron chi connectivity index (χ2n) is 4.16. The summed E-state index contributed by atoms with van der Waals surface area (Å²) >= 11 is 0. The van der Waals surface area contributed by atoms with Crippen molar-refractivity contribution in [1.29, 1.82) is 0 Å². The zero-order valence-electron chi connectivity index (χ0n) is 11.0. The van der Waals surface area contributed by atoms with E-state index in [0.29, 0.717) is 11.8 Å². The predicted octanol–water partition coefficient (Wildman–Crippen LogP) is 2.83. The van der Waals surface area contributed by atoms with E-state index in [1.54, 1.807) is 6.92 Å². The first-order valence-electron chi connectivity index (χ1n) is 5.77. The van der Waals surface area contributed by atoms with Gasteiger partial charge in [-0.15, -0.1) is 13.2 Å². The summed E-state index contributed by atoms with van der Waals surface area (Å²) in [5.41, 5.74) is 5.62. The molecular formula is C12H9F5N4O. The maximum Gasteiger partial charge on any atom is 0.573 e. The van der Waals surface area contributed by atoms with Gasteiger partial charge in [-0.2, -0.15) is 5.10 Å². The Morgan fingerprint density at radius 2 is 2.00 bits per heavy atom. The molecule has 118 valence electrons. The fourth-order valence-electron chi connectivity index (χ4n) is 1.58. The number of hydrogen-bond acceptors (Lipinski definition) is 4. The van der Waals surface area contributed by atoms with Crippen LogP contribution in [-0.2, 0) is 0 Å². The average Bonchev–Trinajstić information content (AvgIpc) is 2.71. The Balaban J connectivity index is 2.36. The van der Waals surface area contributed by atoms with Crippen LogP contribution in [0.15, 0.2) is 23.4 Å². The number of nitrogens with two attached hydrogens (primary N) is 1. The van der Waals surface area contributed by atoms with Gasteiger partial charge in [-0.1, -0.05) is 0 Å². The molecule has 1 heterocycles. The molecule has 2 N–H and O–H groups in total. The van der Waals surface area contributed by atoms with Gasteiger partial charge < -0.3 is 10.5 Å². The molecule has 0 fully saturated rings. The molecule has 1 aromatic heterocycles. The third-order valence-corrected chi connectivity index (χ3v) is 2.45. The number of nitrogens with zero attached hydrogens (tertiary/aromatic N) is 3. The maximum absolute atomic E-state index is 13.9. The third kappa shape index (κ3) is 3.51. The second kappa shape index (κ2) is 5.62. The Hall–Kier alpha value is -2.65. The van der Waals surface area contributed by atoms with Crippen molar-refractivity contribution in [1.82, 2.24) is 9.66 Å². The van der Waals surface area contributed by atoms with Gasteiger partial charge in [0, 0.05) is 5.56 Å². The van der Waals surface area contributed by atoms with Gasteiger partial charge in [0.15, 0.2) is 11.6 Å². The lowest BCUT2D eigenvalue weighted by atomic mass is 10.2. The van der Waals surface area contributed by atoms with E-state index in [1.807, 2.05) is 0 Å². The lowest BCUT2D eigenvalue weighted by Crippen LogP contribution is -2.19. The van der Waals surface area contributed by atoms with Gasteiger partial charge in [0.05, 0.1) is 18.1 Å². The number of ether oxygens (including phenoxy) is 1. The van der Waals surface area contributed by atoms with Crippen molar-refractivity contribution < 1.29 is 26.7 Å². The van der Waals surface area contributed by atoms with Gasteiger partial charge in [-0.05, 0) is 19.1 Å². The highest BCUT2D eigenvalue weighted by molar-refractivity contribution is 5.80. The third-order valence-electron chi connectivity index (χ3n) is 2.45. The average molecular weight is 320 g/mol. The van der Waals surface area contributed by atoms with E-state index < -0.39 is 29.3 Å². The molecule has 0 amide bonds. The van der Waals surface area contributed by atoms with Crippen LogP contribution in [-0.4, -0.2) is 22.2 Å². The number of rotatable bonds is 3. The standard InChI is InChI=1S/C12H9F5N4O/c1-6-5-21(11(18)20-6)19-4-7-2-3-8(13)10(9(7)14)22-12(15,16)17/h2-5H,1H3,(H2,18,20). The van der Waals surface area contributed by atoms with Gasteiger partial charge >= 0.3 is 6.36 Å². The molecule has 0 bridgehead atoms. The molecule has 2 rings (SSSR count). The molecule has 10 heteroatoms. The van der Waals surface area contributed by atoms with Gasteiger partial charge in [0.25, 0.3) is 0 Å². The molecule has 1 aromatic carbocycles. The van der Waals surface area contributed by atoms with Crippen LogP contribution < -0.4 is 10.5 Å². The molecule has 2 aromatic rings. The molecule has 0 radical (unpaired) electrons.